The van der Waals surface area contributed by atoms with Gasteiger partial charge in [0.05, 0.1) is 65.7 Å². The van der Waals surface area contributed by atoms with Crippen LogP contribution in [-0.4, -0.2) is 226 Å². The van der Waals surface area contributed by atoms with Crippen LogP contribution in [0.5, 0.6) is 0 Å². The molecule has 0 aliphatic rings. The van der Waals surface area contributed by atoms with Crippen molar-refractivity contribution in [1.29, 1.82) is 0 Å². The van der Waals surface area contributed by atoms with Gasteiger partial charge in [-0.3, -0.25) is 38.4 Å². The van der Waals surface area contributed by atoms with Crippen LogP contribution in [0.2, 0.25) is 0 Å². The van der Waals surface area contributed by atoms with E-state index in [9.17, 15) is 84.0 Å². The van der Waals surface area contributed by atoms with E-state index >= 15 is 0 Å². The molecule has 0 aliphatic heterocycles. The van der Waals surface area contributed by atoms with Crippen molar-refractivity contribution in [2.24, 2.45) is 5.41 Å². The molecule has 28 nitrogen and oxygen atoms in total. The minimum atomic E-state index is -2.08. The number of amides is 8. The number of nitrogens with one attached hydrogen (secondary N) is 8. The second kappa shape index (κ2) is 33.3. The van der Waals surface area contributed by atoms with Gasteiger partial charge in [-0.15, -0.1) is 0 Å². The third-order valence-electron chi connectivity index (χ3n) is 9.41. The van der Waals surface area contributed by atoms with Crippen molar-refractivity contribution in [1.82, 2.24) is 42.5 Å². The zero-order chi connectivity index (χ0) is 52.9. The summed E-state index contributed by atoms with van der Waals surface area (Å²) in [5.41, 5.74) is -0.252. The van der Waals surface area contributed by atoms with E-state index in [0.29, 0.717) is 0 Å². The summed E-state index contributed by atoms with van der Waals surface area (Å²) in [5, 5.41) is 107. The lowest BCUT2D eigenvalue weighted by molar-refractivity contribution is -0.134. The van der Waals surface area contributed by atoms with Crippen molar-refractivity contribution in [3.63, 3.8) is 0 Å². The van der Waals surface area contributed by atoms with Crippen molar-refractivity contribution in [3.05, 3.63) is 0 Å². The molecule has 0 aromatic carbocycles. The molecule has 0 bridgehead atoms. The van der Waals surface area contributed by atoms with Crippen molar-refractivity contribution in [2.75, 3.05) is 66.2 Å². The Morgan fingerprint density at radius 2 is 1.06 bits per heavy atom. The number of aliphatic hydroxyl groups excluding tert-OH is 9. The van der Waals surface area contributed by atoms with Crippen LogP contribution in [0.1, 0.15) is 67.6 Å². The molecule has 0 fully saturated rings. The van der Waals surface area contributed by atoms with Gasteiger partial charge in [-0.2, -0.15) is 0 Å². The molecular formula is C40H72N8O20. The van der Waals surface area contributed by atoms with Crippen LogP contribution < -0.4 is 42.5 Å². The number of ether oxygens (including phenoxy) is 2. The Bertz CT molecular complexity index is 1640. The maximum atomic E-state index is 13.4. The molecule has 0 rings (SSSR count). The molecule has 0 aliphatic carbocycles. The highest BCUT2D eigenvalue weighted by Crippen LogP contribution is 2.14. The Morgan fingerprint density at radius 1 is 0.559 bits per heavy atom. The molecule has 0 heterocycles. The quantitative estimate of drug-likeness (QED) is 0.0285. The van der Waals surface area contributed by atoms with Gasteiger partial charge in [-0.25, -0.2) is 4.79 Å². The predicted molar refractivity (Wildman–Crippen MR) is 233 cm³/mol. The van der Waals surface area contributed by atoms with Crippen LogP contribution in [0.4, 0.5) is 4.79 Å². The number of methoxy groups -OCH3 is 1. The maximum absolute atomic E-state index is 13.4. The molecule has 0 radical (unpaired) electrons. The number of rotatable bonds is 34. The molecule has 28 heteroatoms. The molecule has 0 saturated carbocycles. The molecular weight excluding hydrogens is 912 g/mol. The first-order valence-electron chi connectivity index (χ1n) is 22.3. The number of Topliss-reactive ketones (excluding diaryl/α,β-unsaturated/α-hetero) is 1. The van der Waals surface area contributed by atoms with E-state index in [4.69, 9.17) is 16.0 Å². The Balaban J connectivity index is 5.35. The molecule has 0 saturated heterocycles. The van der Waals surface area contributed by atoms with Gasteiger partial charge in [0, 0.05) is 39.4 Å². The molecule has 0 aromatic rings. The van der Waals surface area contributed by atoms with Gasteiger partial charge in [0.2, 0.25) is 41.4 Å². The Hall–Kier alpha value is -5.17. The second-order valence-electron chi connectivity index (χ2n) is 16.7. The molecule has 8 amide bonds. The first-order valence-corrected chi connectivity index (χ1v) is 21.6. The van der Waals surface area contributed by atoms with Crippen LogP contribution in [-0.2, 0) is 47.8 Å². The number of hydrogen-bond donors (Lipinski definition) is 17. The zero-order valence-electron chi connectivity index (χ0n) is 39.6. The molecule has 17 N–H and O–H groups in total. The average Bonchev–Trinajstić information content (AvgIpc) is 3.31. The number of carbonyl (C=O) groups excluding carboxylic acids is 9. The number of aliphatic hydroxyl groups is 9. The first-order chi connectivity index (χ1) is 32.3. The van der Waals surface area contributed by atoms with Crippen molar-refractivity contribution >= 4 is 53.2 Å². The smallest absolute Gasteiger partial charge is 0.407 e. The summed E-state index contributed by atoms with van der Waals surface area (Å²) >= 11 is 0. The van der Waals surface area contributed by atoms with E-state index in [-0.39, 0.29) is 37.8 Å². The zero-order valence-corrected chi connectivity index (χ0v) is 38.6. The number of ketones is 1. The van der Waals surface area contributed by atoms with Gasteiger partial charge in [0.15, 0.2) is 0 Å². The van der Waals surface area contributed by atoms with Gasteiger partial charge >= 0.3 is 6.09 Å². The minimum Gasteiger partial charge on any atom is -0.449 e. The summed E-state index contributed by atoms with van der Waals surface area (Å²) in [5.74, 6) is -6.91. The molecule has 2 unspecified atom stereocenters. The summed E-state index contributed by atoms with van der Waals surface area (Å²) in [6.45, 7) is 2.19. The summed E-state index contributed by atoms with van der Waals surface area (Å²) in [7, 11) is -0.704. The SMILES string of the molecule is [2H]COCC(NC(=O)CNC(=O)CNC(=O)CNC(=O)CNC(=O)CCNC(=O)OCC(C)(C)C)C(=O)NC(CCC(=O)CC[C@H](O)[C@@H](O)[C@H](O)[C@H](O)CC)C(=O)NC[C@H](O)[C@@H](O)[C@H](O)[C@H](O)CO. The fourth-order valence-corrected chi connectivity index (χ4v) is 5.31. The van der Waals surface area contributed by atoms with Gasteiger partial charge < -0.3 is 98.0 Å². The van der Waals surface area contributed by atoms with Gasteiger partial charge in [-0.05, 0) is 24.7 Å². The van der Waals surface area contributed by atoms with Crippen molar-refractivity contribution < 1.29 is 100.0 Å². The van der Waals surface area contributed by atoms with Crippen LogP contribution in [0.15, 0.2) is 0 Å². The molecule has 0 aromatic heterocycles. The molecule has 10 atom stereocenters. The van der Waals surface area contributed by atoms with Crippen LogP contribution in [0.25, 0.3) is 0 Å². The maximum Gasteiger partial charge on any atom is 0.407 e. The van der Waals surface area contributed by atoms with Crippen molar-refractivity contribution in [2.45, 2.75) is 127 Å². The highest BCUT2D eigenvalue weighted by molar-refractivity contribution is 5.94. The second-order valence-corrected chi connectivity index (χ2v) is 16.7. The average molecular weight is 986 g/mol. The summed E-state index contributed by atoms with van der Waals surface area (Å²) < 4.78 is 17.3. The van der Waals surface area contributed by atoms with Crippen LogP contribution in [0, 0.1) is 5.41 Å². The monoisotopic (exact) mass is 985 g/mol. The van der Waals surface area contributed by atoms with E-state index in [2.05, 4.69) is 42.5 Å². The predicted octanol–water partition coefficient (Wildman–Crippen LogP) is -8.24. The van der Waals surface area contributed by atoms with Crippen molar-refractivity contribution in [3.8, 4) is 0 Å². The van der Waals surface area contributed by atoms with E-state index in [0.717, 1.165) is 0 Å². The summed E-state index contributed by atoms with van der Waals surface area (Å²) in [4.78, 5) is 112. The van der Waals surface area contributed by atoms with E-state index in [1.165, 1.54) is 6.92 Å². The lowest BCUT2D eigenvalue weighted by Gasteiger charge is -2.27. The third kappa shape index (κ3) is 27.6. The highest BCUT2D eigenvalue weighted by Gasteiger charge is 2.33. The van der Waals surface area contributed by atoms with Gasteiger partial charge in [0.25, 0.3) is 0 Å². The number of alkyl carbamates (subject to hydrolysis) is 1. The topological polar surface area (TPSA) is 450 Å². The lowest BCUT2D eigenvalue weighted by Crippen LogP contribution is -2.57. The standard InChI is InChI=1S/C40H72N8O20/c1-6-24(51)33(60)34(61)25(52)10-8-21(50)7-9-22(37(64)46-13-26(53)35(62)36(63)27(54)18-49)48-38(65)23(19-67-5)47-32(59)17-45-31(58)16-44-30(57)15-43-29(56)14-42-28(55)11-12-41-39(66)68-20-40(2,3)4/h22-27,33-36,49,51-54,60-63H,6-20H2,1-5H3,(H,41,66)(H,42,55)(H,43,56)(H,44,57)(H,45,58)(H,46,64)(H,47,59)(H,48,65)/t22?,23?,24-,25+,26+,27-,33-,34-,35-,36-/m1/s1/i5D. The highest BCUT2D eigenvalue weighted by atomic mass is 16.5. The molecule has 392 valence electrons. The Kier molecular flexibility index (Phi) is 29.8. The van der Waals surface area contributed by atoms with Crippen LogP contribution in [0.3, 0.4) is 0 Å². The summed E-state index contributed by atoms with van der Waals surface area (Å²) in [6, 6.07) is -3.30. The fourth-order valence-electron chi connectivity index (χ4n) is 5.31. The van der Waals surface area contributed by atoms with Gasteiger partial charge in [-0.1, -0.05) is 27.7 Å². The summed E-state index contributed by atoms with van der Waals surface area (Å²) in [6.07, 6.45) is -17.0. The van der Waals surface area contributed by atoms with E-state index in [1.807, 2.05) is 20.8 Å². The minimum absolute atomic E-state index is 0.0535. The number of carbonyl (C=O) groups is 9. The van der Waals surface area contributed by atoms with Crippen LogP contribution >= 0.6 is 0 Å². The molecule has 0 spiro atoms. The fraction of sp³-hybridized carbons (Fsp3) is 0.775. The number of hydrogen-bond acceptors (Lipinski definition) is 20. The largest absolute Gasteiger partial charge is 0.449 e. The lowest BCUT2D eigenvalue weighted by atomic mass is 9.96. The first kappa shape index (κ1) is 60.8. The van der Waals surface area contributed by atoms with E-state index < -0.39 is 186 Å². The van der Waals surface area contributed by atoms with Gasteiger partial charge in [0.1, 0.15) is 48.4 Å². The Morgan fingerprint density at radius 3 is 1.59 bits per heavy atom. The third-order valence-corrected chi connectivity index (χ3v) is 9.41. The molecule has 68 heavy (non-hydrogen) atoms. The normalized spacial score (nSPS) is 16.0. The van der Waals surface area contributed by atoms with E-state index in [1.54, 1.807) is 0 Å². The Labute approximate surface area is 394 Å².